The minimum Gasteiger partial charge on any atom is -0.475 e. The topological polar surface area (TPSA) is 72.6 Å². The Bertz CT molecular complexity index is 365. The molecule has 0 radical (unpaired) electrons. The number of aromatic nitrogens is 1. The van der Waals surface area contributed by atoms with E-state index in [-0.39, 0.29) is 11.2 Å². The summed E-state index contributed by atoms with van der Waals surface area (Å²) in [5.41, 5.74) is -0.189. The van der Waals surface area contributed by atoms with Gasteiger partial charge in [0.2, 0.25) is 11.7 Å². The Kier molecular flexibility index (Phi) is 2.48. The minimum absolute atomic E-state index is 0.0993. The maximum Gasteiger partial charge on any atom is 0.373 e. The number of rotatable bonds is 2. The first kappa shape index (κ1) is 10.2. The van der Waals surface area contributed by atoms with Crippen molar-refractivity contribution in [1.29, 1.82) is 0 Å². The van der Waals surface area contributed by atoms with E-state index in [1.54, 1.807) is 0 Å². The van der Waals surface area contributed by atoms with Crippen LogP contribution in [-0.2, 0) is 10.2 Å². The second kappa shape index (κ2) is 3.66. The summed E-state index contributed by atoms with van der Waals surface area (Å²) >= 11 is 0. The molecule has 0 aromatic carbocycles. The van der Waals surface area contributed by atoms with Crippen molar-refractivity contribution in [2.24, 2.45) is 0 Å². The Morgan fingerprint density at radius 1 is 1.53 bits per heavy atom. The molecular formula is C10H13NO4. The van der Waals surface area contributed by atoms with Crippen LogP contribution in [0.15, 0.2) is 10.6 Å². The van der Waals surface area contributed by atoms with E-state index >= 15 is 0 Å². The van der Waals surface area contributed by atoms with E-state index < -0.39 is 5.97 Å². The predicted molar refractivity (Wildman–Crippen MR) is 50.9 cm³/mol. The number of ether oxygens (including phenoxy) is 1. The number of aromatic carboxylic acids is 1. The molecule has 0 bridgehead atoms. The zero-order valence-corrected chi connectivity index (χ0v) is 8.52. The maximum atomic E-state index is 10.6. The summed E-state index contributed by atoms with van der Waals surface area (Å²) in [5, 5.41) is 8.72. The number of nitrogens with zero attached hydrogens (tertiary/aromatic N) is 1. The number of oxazole rings is 1. The summed E-state index contributed by atoms with van der Waals surface area (Å²) in [4.78, 5) is 14.7. The van der Waals surface area contributed by atoms with Crippen LogP contribution in [-0.4, -0.2) is 29.3 Å². The van der Waals surface area contributed by atoms with Gasteiger partial charge in [-0.25, -0.2) is 9.78 Å². The van der Waals surface area contributed by atoms with Gasteiger partial charge in [0.25, 0.3) is 0 Å². The Morgan fingerprint density at radius 3 is 2.73 bits per heavy atom. The third kappa shape index (κ3) is 1.87. The lowest BCUT2D eigenvalue weighted by Crippen LogP contribution is -2.30. The predicted octanol–water partition coefficient (Wildman–Crippen LogP) is 1.44. The van der Waals surface area contributed by atoms with Gasteiger partial charge in [-0.15, -0.1) is 0 Å². The maximum absolute atomic E-state index is 10.6. The molecule has 1 aromatic heterocycles. The SMILES string of the molecule is CC1(c2ncc(C(=O)O)o2)CCOCC1. The second-order valence-corrected chi connectivity index (χ2v) is 4.01. The van der Waals surface area contributed by atoms with Crippen LogP contribution >= 0.6 is 0 Å². The van der Waals surface area contributed by atoms with E-state index in [2.05, 4.69) is 4.98 Å². The molecule has 1 fully saturated rings. The Labute approximate surface area is 87.1 Å². The quantitative estimate of drug-likeness (QED) is 0.801. The fourth-order valence-electron chi connectivity index (χ4n) is 1.69. The highest BCUT2D eigenvalue weighted by Crippen LogP contribution is 2.33. The number of carboxylic acid groups (broad SMARTS) is 1. The zero-order chi connectivity index (χ0) is 10.9. The monoisotopic (exact) mass is 211 g/mol. The van der Waals surface area contributed by atoms with Gasteiger partial charge in [-0.1, -0.05) is 6.92 Å². The van der Waals surface area contributed by atoms with Crippen molar-refractivity contribution in [2.75, 3.05) is 13.2 Å². The Balaban J connectivity index is 2.23. The first-order valence-electron chi connectivity index (χ1n) is 4.89. The molecule has 0 aliphatic carbocycles. The molecule has 0 spiro atoms. The number of hydrogen-bond acceptors (Lipinski definition) is 4. The Morgan fingerprint density at radius 2 is 2.20 bits per heavy atom. The number of carboxylic acids is 1. The normalized spacial score (nSPS) is 20.1. The van der Waals surface area contributed by atoms with Gasteiger partial charge in [-0.3, -0.25) is 0 Å². The van der Waals surface area contributed by atoms with Crippen LogP contribution in [0.2, 0.25) is 0 Å². The molecule has 0 atom stereocenters. The van der Waals surface area contributed by atoms with Crippen molar-refractivity contribution in [3.63, 3.8) is 0 Å². The molecule has 2 heterocycles. The number of carbonyl (C=O) groups is 1. The summed E-state index contributed by atoms with van der Waals surface area (Å²) in [6.45, 7) is 3.36. The van der Waals surface area contributed by atoms with Gasteiger partial charge in [0.05, 0.1) is 6.20 Å². The molecule has 1 aliphatic heterocycles. The van der Waals surface area contributed by atoms with E-state index in [9.17, 15) is 4.79 Å². The van der Waals surface area contributed by atoms with E-state index in [1.165, 1.54) is 6.20 Å². The van der Waals surface area contributed by atoms with Crippen LogP contribution in [0.5, 0.6) is 0 Å². The first-order valence-corrected chi connectivity index (χ1v) is 4.89. The molecule has 1 aliphatic rings. The summed E-state index contributed by atoms with van der Waals surface area (Å²) in [5.74, 6) is -0.676. The molecule has 1 N–H and O–H groups in total. The van der Waals surface area contributed by atoms with Crippen LogP contribution in [0.25, 0.3) is 0 Å². The third-order valence-corrected chi connectivity index (χ3v) is 2.83. The van der Waals surface area contributed by atoms with Crippen molar-refractivity contribution in [1.82, 2.24) is 4.98 Å². The van der Waals surface area contributed by atoms with Crippen molar-refractivity contribution >= 4 is 5.97 Å². The van der Waals surface area contributed by atoms with Crippen molar-refractivity contribution < 1.29 is 19.1 Å². The van der Waals surface area contributed by atoms with Gasteiger partial charge in [0, 0.05) is 18.6 Å². The van der Waals surface area contributed by atoms with Crippen LogP contribution in [0.3, 0.4) is 0 Å². The molecule has 1 aromatic rings. The molecule has 5 heteroatoms. The molecule has 5 nitrogen and oxygen atoms in total. The summed E-state index contributed by atoms with van der Waals surface area (Å²) in [7, 11) is 0. The first-order chi connectivity index (χ1) is 7.12. The second-order valence-electron chi connectivity index (χ2n) is 4.01. The van der Waals surface area contributed by atoms with Gasteiger partial charge in [-0.2, -0.15) is 0 Å². The van der Waals surface area contributed by atoms with Gasteiger partial charge >= 0.3 is 5.97 Å². The molecular weight excluding hydrogens is 198 g/mol. The summed E-state index contributed by atoms with van der Waals surface area (Å²) in [6, 6.07) is 0. The number of hydrogen-bond donors (Lipinski definition) is 1. The molecule has 82 valence electrons. The standard InChI is InChI=1S/C10H13NO4/c1-10(2-4-14-5-3-10)9-11-6-7(15-9)8(12)13/h6H,2-5H2,1H3,(H,12,13). The molecule has 2 rings (SSSR count). The lowest BCUT2D eigenvalue weighted by molar-refractivity contribution is 0.0454. The summed E-state index contributed by atoms with van der Waals surface area (Å²) < 4.78 is 10.5. The van der Waals surface area contributed by atoms with E-state index in [1.807, 2.05) is 6.92 Å². The fraction of sp³-hybridized carbons (Fsp3) is 0.600. The van der Waals surface area contributed by atoms with Crippen molar-refractivity contribution in [3.8, 4) is 0 Å². The van der Waals surface area contributed by atoms with Crippen LogP contribution in [0, 0.1) is 0 Å². The highest BCUT2D eigenvalue weighted by molar-refractivity contribution is 5.83. The van der Waals surface area contributed by atoms with Crippen molar-refractivity contribution in [2.45, 2.75) is 25.2 Å². The van der Waals surface area contributed by atoms with Gasteiger partial charge in [0.15, 0.2) is 0 Å². The van der Waals surface area contributed by atoms with Gasteiger partial charge in [0.1, 0.15) is 0 Å². The van der Waals surface area contributed by atoms with Crippen LogP contribution in [0.4, 0.5) is 0 Å². The highest BCUT2D eigenvalue weighted by Gasteiger charge is 2.34. The van der Waals surface area contributed by atoms with E-state index in [4.69, 9.17) is 14.3 Å². The molecule has 0 saturated carbocycles. The van der Waals surface area contributed by atoms with Crippen molar-refractivity contribution in [3.05, 3.63) is 17.8 Å². The van der Waals surface area contributed by atoms with Crippen LogP contribution in [0.1, 0.15) is 36.2 Å². The molecule has 15 heavy (non-hydrogen) atoms. The van der Waals surface area contributed by atoms with Crippen LogP contribution < -0.4 is 0 Å². The summed E-state index contributed by atoms with van der Waals surface area (Å²) in [6.07, 6.45) is 2.89. The van der Waals surface area contributed by atoms with E-state index in [0.717, 1.165) is 12.8 Å². The third-order valence-electron chi connectivity index (χ3n) is 2.83. The van der Waals surface area contributed by atoms with Gasteiger partial charge in [-0.05, 0) is 12.8 Å². The minimum atomic E-state index is -1.08. The lowest BCUT2D eigenvalue weighted by Gasteiger charge is -2.30. The lowest BCUT2D eigenvalue weighted by atomic mass is 9.82. The smallest absolute Gasteiger partial charge is 0.373 e. The highest BCUT2D eigenvalue weighted by atomic mass is 16.5. The average molecular weight is 211 g/mol. The molecule has 1 saturated heterocycles. The largest absolute Gasteiger partial charge is 0.475 e. The zero-order valence-electron chi connectivity index (χ0n) is 8.52. The van der Waals surface area contributed by atoms with Gasteiger partial charge < -0.3 is 14.3 Å². The fourth-order valence-corrected chi connectivity index (χ4v) is 1.69. The average Bonchev–Trinajstić information content (AvgIpc) is 2.68. The molecule has 0 amide bonds. The van der Waals surface area contributed by atoms with E-state index in [0.29, 0.717) is 19.1 Å². The molecule has 0 unspecified atom stereocenters. The Hall–Kier alpha value is -1.36.